The number of nitrogens with one attached hydrogen (secondary N) is 1. The van der Waals surface area contributed by atoms with Crippen molar-refractivity contribution in [3.63, 3.8) is 0 Å². The highest BCUT2D eigenvalue weighted by molar-refractivity contribution is 7.13. The minimum absolute atomic E-state index is 0.217. The predicted octanol–water partition coefficient (Wildman–Crippen LogP) is 3.52. The van der Waals surface area contributed by atoms with E-state index in [0.717, 1.165) is 36.6 Å². The van der Waals surface area contributed by atoms with E-state index in [1.165, 1.54) is 0 Å². The summed E-state index contributed by atoms with van der Waals surface area (Å²) in [6.07, 6.45) is 3.19. The lowest BCUT2D eigenvalue weighted by atomic mass is 10.2. The Morgan fingerprint density at radius 1 is 1.57 bits per heavy atom. The Hall–Kier alpha value is -0.280. The van der Waals surface area contributed by atoms with Crippen LogP contribution in [0, 0.1) is 0 Å². The molecular formula is C10H17ClN2S. The van der Waals surface area contributed by atoms with E-state index in [-0.39, 0.29) is 5.38 Å². The fourth-order valence-electron chi connectivity index (χ4n) is 1.16. The third kappa shape index (κ3) is 3.84. The van der Waals surface area contributed by atoms with Crippen LogP contribution in [-0.4, -0.2) is 16.9 Å². The molecule has 4 heteroatoms. The van der Waals surface area contributed by atoms with Gasteiger partial charge < -0.3 is 5.32 Å². The summed E-state index contributed by atoms with van der Waals surface area (Å²) in [6, 6.07) is 0. The molecule has 0 fully saturated rings. The van der Waals surface area contributed by atoms with Gasteiger partial charge >= 0.3 is 0 Å². The molecule has 1 heterocycles. The van der Waals surface area contributed by atoms with Gasteiger partial charge in [0.1, 0.15) is 0 Å². The first kappa shape index (κ1) is 11.8. The number of halogens is 1. The fraction of sp³-hybridized carbons (Fsp3) is 0.700. The van der Waals surface area contributed by atoms with Crippen LogP contribution in [0.25, 0.3) is 0 Å². The summed E-state index contributed by atoms with van der Waals surface area (Å²) >= 11 is 7.74. The van der Waals surface area contributed by atoms with E-state index in [0.29, 0.717) is 0 Å². The van der Waals surface area contributed by atoms with Crippen molar-refractivity contribution in [1.82, 2.24) is 4.98 Å². The van der Waals surface area contributed by atoms with E-state index in [4.69, 9.17) is 11.6 Å². The van der Waals surface area contributed by atoms with Gasteiger partial charge in [-0.2, -0.15) is 0 Å². The number of anilines is 1. The van der Waals surface area contributed by atoms with Gasteiger partial charge in [-0.15, -0.1) is 22.9 Å². The number of alkyl halides is 1. The van der Waals surface area contributed by atoms with Gasteiger partial charge in [-0.05, 0) is 12.8 Å². The van der Waals surface area contributed by atoms with E-state index in [1.807, 2.05) is 0 Å². The summed E-state index contributed by atoms with van der Waals surface area (Å²) in [5.41, 5.74) is 1.15. The Morgan fingerprint density at radius 3 is 2.93 bits per heavy atom. The molecular weight excluding hydrogens is 216 g/mol. The van der Waals surface area contributed by atoms with Gasteiger partial charge in [0.2, 0.25) is 0 Å². The number of nitrogens with zero attached hydrogens (tertiary/aromatic N) is 1. The molecule has 0 spiro atoms. The molecule has 80 valence electrons. The van der Waals surface area contributed by atoms with E-state index in [2.05, 4.69) is 29.5 Å². The van der Waals surface area contributed by atoms with Crippen LogP contribution < -0.4 is 5.32 Å². The maximum absolute atomic E-state index is 6.09. The number of aromatic nitrogens is 1. The van der Waals surface area contributed by atoms with Gasteiger partial charge in [0.15, 0.2) is 5.13 Å². The highest BCUT2D eigenvalue weighted by atomic mass is 35.5. The van der Waals surface area contributed by atoms with Crippen LogP contribution in [-0.2, 0) is 6.42 Å². The van der Waals surface area contributed by atoms with Gasteiger partial charge in [-0.3, -0.25) is 0 Å². The number of thiazole rings is 1. The molecule has 1 unspecified atom stereocenters. The van der Waals surface area contributed by atoms with E-state index < -0.39 is 0 Å². The summed E-state index contributed by atoms with van der Waals surface area (Å²) in [4.78, 5) is 4.41. The van der Waals surface area contributed by atoms with Gasteiger partial charge in [-0.1, -0.05) is 20.3 Å². The van der Waals surface area contributed by atoms with Crippen LogP contribution in [0.3, 0.4) is 0 Å². The van der Waals surface area contributed by atoms with Crippen molar-refractivity contribution < 1.29 is 0 Å². The minimum Gasteiger partial charge on any atom is -0.360 e. The Kier molecular flexibility index (Phi) is 5.26. The molecule has 0 radical (unpaired) electrons. The topological polar surface area (TPSA) is 24.9 Å². The molecule has 0 bridgehead atoms. The molecule has 1 aromatic rings. The zero-order chi connectivity index (χ0) is 10.4. The lowest BCUT2D eigenvalue weighted by Gasteiger charge is -2.07. The van der Waals surface area contributed by atoms with Crippen molar-refractivity contribution in [1.29, 1.82) is 0 Å². The number of hydrogen-bond acceptors (Lipinski definition) is 3. The van der Waals surface area contributed by atoms with Gasteiger partial charge in [-0.25, -0.2) is 4.98 Å². The van der Waals surface area contributed by atoms with E-state index >= 15 is 0 Å². The summed E-state index contributed by atoms with van der Waals surface area (Å²) in [5, 5.41) is 6.55. The van der Waals surface area contributed by atoms with Crippen LogP contribution >= 0.6 is 22.9 Å². The quantitative estimate of drug-likeness (QED) is 0.760. The van der Waals surface area contributed by atoms with Gasteiger partial charge in [0.25, 0.3) is 0 Å². The summed E-state index contributed by atoms with van der Waals surface area (Å²) in [5.74, 6) is 0. The van der Waals surface area contributed by atoms with Crippen LogP contribution in [0.4, 0.5) is 5.13 Å². The first-order chi connectivity index (χ1) is 6.76. The largest absolute Gasteiger partial charge is 0.360 e. The molecule has 0 aliphatic carbocycles. The third-order valence-corrected chi connectivity index (χ3v) is 3.21. The van der Waals surface area contributed by atoms with Crippen molar-refractivity contribution in [3.05, 3.63) is 11.1 Å². The second kappa shape index (κ2) is 6.25. The molecule has 2 nitrogen and oxygen atoms in total. The minimum atomic E-state index is 0.217. The molecule has 1 rings (SSSR count). The first-order valence-electron chi connectivity index (χ1n) is 5.08. The number of rotatable bonds is 6. The maximum atomic E-state index is 6.09. The number of hydrogen-bond donors (Lipinski definition) is 1. The summed E-state index contributed by atoms with van der Waals surface area (Å²) < 4.78 is 0. The molecule has 0 saturated carbocycles. The second-order valence-electron chi connectivity index (χ2n) is 3.26. The molecule has 1 N–H and O–H groups in total. The second-order valence-corrected chi connectivity index (χ2v) is 4.74. The van der Waals surface area contributed by atoms with Crippen molar-refractivity contribution in [3.8, 4) is 0 Å². The van der Waals surface area contributed by atoms with Crippen molar-refractivity contribution >= 4 is 28.1 Å². The van der Waals surface area contributed by atoms with Crippen molar-refractivity contribution in [2.75, 3.05) is 11.9 Å². The van der Waals surface area contributed by atoms with Crippen molar-refractivity contribution in [2.24, 2.45) is 0 Å². The third-order valence-electron chi connectivity index (χ3n) is 1.99. The van der Waals surface area contributed by atoms with Crippen LogP contribution in [0.2, 0.25) is 0 Å². The highest BCUT2D eigenvalue weighted by Gasteiger charge is 2.04. The van der Waals surface area contributed by atoms with E-state index in [9.17, 15) is 0 Å². The Morgan fingerprint density at radius 2 is 2.36 bits per heavy atom. The summed E-state index contributed by atoms with van der Waals surface area (Å²) in [7, 11) is 0. The lowest BCUT2D eigenvalue weighted by Crippen LogP contribution is -2.13. The van der Waals surface area contributed by atoms with Crippen LogP contribution in [0.1, 0.15) is 32.4 Å². The Bertz CT molecular complexity index is 262. The maximum Gasteiger partial charge on any atom is 0.182 e. The Balaban J connectivity index is 2.30. The lowest BCUT2D eigenvalue weighted by molar-refractivity contribution is 0.751. The molecule has 0 amide bonds. The fourth-order valence-corrected chi connectivity index (χ4v) is 2.26. The molecule has 14 heavy (non-hydrogen) atoms. The average Bonchev–Trinajstić information content (AvgIpc) is 2.63. The molecule has 0 aliphatic heterocycles. The highest BCUT2D eigenvalue weighted by Crippen LogP contribution is 2.16. The molecule has 0 aliphatic rings. The average molecular weight is 233 g/mol. The zero-order valence-electron chi connectivity index (χ0n) is 8.72. The van der Waals surface area contributed by atoms with Gasteiger partial charge in [0.05, 0.1) is 11.1 Å². The zero-order valence-corrected chi connectivity index (χ0v) is 10.3. The molecule has 0 aromatic carbocycles. The predicted molar refractivity (Wildman–Crippen MR) is 64.5 cm³/mol. The van der Waals surface area contributed by atoms with Crippen LogP contribution in [0.5, 0.6) is 0 Å². The standard InChI is InChI=1S/C10H17ClN2S/c1-3-5-8(11)6-12-10-13-9(4-2)7-14-10/h7-8H,3-6H2,1-2H3,(H,12,13). The van der Waals surface area contributed by atoms with Crippen LogP contribution in [0.15, 0.2) is 5.38 Å². The smallest absolute Gasteiger partial charge is 0.182 e. The normalized spacial score (nSPS) is 12.8. The Labute approximate surface area is 94.7 Å². The molecule has 0 saturated heterocycles. The summed E-state index contributed by atoms with van der Waals surface area (Å²) in [6.45, 7) is 5.07. The molecule has 1 atom stereocenters. The number of aryl methyl sites for hydroxylation is 1. The molecule has 1 aromatic heterocycles. The van der Waals surface area contributed by atoms with E-state index in [1.54, 1.807) is 11.3 Å². The first-order valence-corrected chi connectivity index (χ1v) is 6.40. The monoisotopic (exact) mass is 232 g/mol. The van der Waals surface area contributed by atoms with Gasteiger partial charge in [0, 0.05) is 11.9 Å². The van der Waals surface area contributed by atoms with Crippen molar-refractivity contribution in [2.45, 2.75) is 38.5 Å². The SMILES string of the molecule is CCCC(Cl)CNc1nc(CC)cs1.